The predicted molar refractivity (Wildman–Crippen MR) is 104 cm³/mol. The molecule has 0 saturated heterocycles. The number of hydrogen-bond donors (Lipinski definition) is 2. The molecule has 0 bridgehead atoms. The summed E-state index contributed by atoms with van der Waals surface area (Å²) in [5.41, 5.74) is 1.31. The number of ether oxygens (including phenoxy) is 1. The van der Waals surface area contributed by atoms with Gasteiger partial charge in [0.25, 0.3) is 0 Å². The number of benzene rings is 2. The van der Waals surface area contributed by atoms with Crippen molar-refractivity contribution in [2.24, 2.45) is 0 Å². The molecule has 2 N–H and O–H groups in total. The number of methoxy groups -OCH3 is 1. The minimum Gasteiger partial charge on any atom is -0.504 e. The van der Waals surface area contributed by atoms with Gasteiger partial charge in [-0.3, -0.25) is 4.79 Å². The number of carbonyl (C=O) groups is 1. The third-order valence-electron chi connectivity index (χ3n) is 3.96. The number of thiazole rings is 1. The van der Waals surface area contributed by atoms with Crippen molar-refractivity contribution in [1.29, 1.82) is 0 Å². The zero-order valence-electron chi connectivity index (χ0n) is 14.7. The lowest BCUT2D eigenvalue weighted by Crippen LogP contribution is -2.14. The molecule has 1 amide bonds. The van der Waals surface area contributed by atoms with E-state index in [4.69, 9.17) is 4.74 Å². The first-order chi connectivity index (χ1) is 12.8. The molecular weight excluding hydrogens is 388 g/mol. The van der Waals surface area contributed by atoms with Gasteiger partial charge in [-0.25, -0.2) is 13.4 Å². The maximum Gasteiger partial charge on any atom is 0.230 e. The number of phenols is 1. The summed E-state index contributed by atoms with van der Waals surface area (Å²) in [4.78, 5) is 16.8. The number of amides is 1. The van der Waals surface area contributed by atoms with Gasteiger partial charge in [0, 0.05) is 12.1 Å². The van der Waals surface area contributed by atoms with E-state index in [2.05, 4.69) is 10.3 Å². The average Bonchev–Trinajstić information content (AvgIpc) is 3.02. The number of anilines is 1. The summed E-state index contributed by atoms with van der Waals surface area (Å²) < 4.78 is 29.4. The standard InChI is InChI=1S/C18H18N2O5S2/c1-3-27(23,24)12-6-4-11(5-7-12)8-17(22)20-18-19-13-9-15(25-2)14(21)10-16(13)26-18/h4-7,9-10,21H,3,8H2,1-2H3,(H,19,20,22). The quantitative estimate of drug-likeness (QED) is 0.652. The van der Waals surface area contributed by atoms with E-state index in [1.807, 2.05) is 0 Å². The van der Waals surface area contributed by atoms with E-state index in [1.54, 1.807) is 25.1 Å². The first kappa shape index (κ1) is 19.1. The molecule has 1 aromatic heterocycles. The SMILES string of the molecule is CCS(=O)(=O)c1ccc(CC(=O)Nc2nc3cc(OC)c(O)cc3s2)cc1. The van der Waals surface area contributed by atoms with E-state index in [1.165, 1.54) is 36.6 Å². The van der Waals surface area contributed by atoms with Crippen LogP contribution in [0, 0.1) is 0 Å². The van der Waals surface area contributed by atoms with Gasteiger partial charge < -0.3 is 15.2 Å². The van der Waals surface area contributed by atoms with Crippen LogP contribution in [0.1, 0.15) is 12.5 Å². The summed E-state index contributed by atoms with van der Waals surface area (Å²) >= 11 is 1.24. The zero-order valence-corrected chi connectivity index (χ0v) is 16.4. The highest BCUT2D eigenvalue weighted by atomic mass is 32.2. The summed E-state index contributed by atoms with van der Waals surface area (Å²) in [5.74, 6) is 0.0860. The minimum absolute atomic E-state index is 0.00801. The monoisotopic (exact) mass is 406 g/mol. The molecule has 7 nitrogen and oxygen atoms in total. The van der Waals surface area contributed by atoms with E-state index in [9.17, 15) is 18.3 Å². The van der Waals surface area contributed by atoms with Crippen LogP contribution in [0.15, 0.2) is 41.3 Å². The molecule has 0 atom stereocenters. The molecule has 142 valence electrons. The van der Waals surface area contributed by atoms with Crippen LogP contribution in [0.25, 0.3) is 10.2 Å². The maximum absolute atomic E-state index is 12.2. The third kappa shape index (κ3) is 4.20. The number of carbonyl (C=O) groups excluding carboxylic acids is 1. The summed E-state index contributed by atoms with van der Waals surface area (Å²) in [7, 11) is -1.80. The van der Waals surface area contributed by atoms with Crippen molar-refractivity contribution < 1.29 is 23.1 Å². The Hall–Kier alpha value is -2.65. The highest BCUT2D eigenvalue weighted by Crippen LogP contribution is 2.35. The fraction of sp³-hybridized carbons (Fsp3) is 0.222. The molecule has 27 heavy (non-hydrogen) atoms. The highest BCUT2D eigenvalue weighted by Gasteiger charge is 2.14. The molecule has 2 aromatic carbocycles. The van der Waals surface area contributed by atoms with Crippen LogP contribution in [0.2, 0.25) is 0 Å². The minimum atomic E-state index is -3.26. The number of hydrogen-bond acceptors (Lipinski definition) is 7. The Kier molecular flexibility index (Phi) is 5.33. The van der Waals surface area contributed by atoms with E-state index >= 15 is 0 Å². The second kappa shape index (κ2) is 7.53. The van der Waals surface area contributed by atoms with Gasteiger partial charge in [0.15, 0.2) is 26.5 Å². The number of sulfone groups is 1. The van der Waals surface area contributed by atoms with E-state index < -0.39 is 9.84 Å². The Morgan fingerprint density at radius 3 is 2.59 bits per heavy atom. The van der Waals surface area contributed by atoms with Gasteiger partial charge in [-0.05, 0) is 17.7 Å². The number of phenolic OH excluding ortho intramolecular Hbond substituents is 1. The normalized spacial score (nSPS) is 11.5. The van der Waals surface area contributed by atoms with E-state index in [0.717, 1.165) is 4.70 Å². The van der Waals surface area contributed by atoms with Crippen molar-refractivity contribution in [3.05, 3.63) is 42.0 Å². The summed E-state index contributed by atoms with van der Waals surface area (Å²) in [6, 6.07) is 9.41. The van der Waals surface area contributed by atoms with Crippen LogP contribution in [0.3, 0.4) is 0 Å². The maximum atomic E-state index is 12.2. The van der Waals surface area contributed by atoms with Gasteiger partial charge in [0.2, 0.25) is 5.91 Å². The molecule has 9 heteroatoms. The van der Waals surface area contributed by atoms with Crippen molar-refractivity contribution in [3.8, 4) is 11.5 Å². The molecule has 0 saturated carbocycles. The molecule has 0 spiro atoms. The molecule has 3 aromatic rings. The van der Waals surface area contributed by atoms with E-state index in [0.29, 0.717) is 22.0 Å². The number of aromatic nitrogens is 1. The molecule has 0 aliphatic heterocycles. The topological polar surface area (TPSA) is 106 Å². The molecule has 1 heterocycles. The van der Waals surface area contributed by atoms with Crippen LogP contribution in [0.4, 0.5) is 5.13 Å². The van der Waals surface area contributed by atoms with Crippen molar-refractivity contribution in [1.82, 2.24) is 4.98 Å². The largest absolute Gasteiger partial charge is 0.504 e. The van der Waals surface area contributed by atoms with Crippen molar-refractivity contribution in [2.75, 3.05) is 18.2 Å². The van der Waals surface area contributed by atoms with Crippen LogP contribution >= 0.6 is 11.3 Å². The fourth-order valence-corrected chi connectivity index (χ4v) is 4.27. The fourth-order valence-electron chi connectivity index (χ4n) is 2.49. The van der Waals surface area contributed by atoms with Gasteiger partial charge in [0.05, 0.1) is 34.4 Å². The molecule has 0 fully saturated rings. The van der Waals surface area contributed by atoms with Crippen molar-refractivity contribution in [3.63, 3.8) is 0 Å². The Morgan fingerprint density at radius 1 is 1.26 bits per heavy atom. The van der Waals surface area contributed by atoms with Crippen LogP contribution in [0.5, 0.6) is 11.5 Å². The number of rotatable bonds is 6. The first-order valence-corrected chi connectivity index (χ1v) is 10.6. The van der Waals surface area contributed by atoms with Crippen molar-refractivity contribution in [2.45, 2.75) is 18.2 Å². The summed E-state index contributed by atoms with van der Waals surface area (Å²) in [5, 5.41) is 12.9. The summed E-state index contributed by atoms with van der Waals surface area (Å²) in [6.07, 6.45) is 0.0942. The van der Waals surface area contributed by atoms with Gasteiger partial charge in [0.1, 0.15) is 0 Å². The predicted octanol–water partition coefficient (Wildman–Crippen LogP) is 2.99. The van der Waals surface area contributed by atoms with Crippen LogP contribution in [-0.4, -0.2) is 37.3 Å². The molecule has 0 radical (unpaired) electrons. The lowest BCUT2D eigenvalue weighted by atomic mass is 10.1. The smallest absolute Gasteiger partial charge is 0.230 e. The summed E-state index contributed by atoms with van der Waals surface area (Å²) in [6.45, 7) is 1.59. The molecule has 0 aliphatic rings. The molecule has 3 rings (SSSR count). The van der Waals surface area contributed by atoms with Gasteiger partial charge >= 0.3 is 0 Å². The first-order valence-electron chi connectivity index (χ1n) is 8.11. The zero-order chi connectivity index (χ0) is 19.6. The number of aromatic hydroxyl groups is 1. The number of nitrogens with one attached hydrogen (secondary N) is 1. The van der Waals surface area contributed by atoms with E-state index in [-0.39, 0.29) is 28.7 Å². The van der Waals surface area contributed by atoms with Crippen LogP contribution in [-0.2, 0) is 21.1 Å². The third-order valence-corrected chi connectivity index (χ3v) is 6.65. The van der Waals surface area contributed by atoms with Crippen molar-refractivity contribution >= 4 is 42.4 Å². The second-order valence-electron chi connectivity index (χ2n) is 5.78. The lowest BCUT2D eigenvalue weighted by molar-refractivity contribution is -0.115. The number of fused-ring (bicyclic) bond motifs is 1. The Bertz CT molecular complexity index is 1090. The van der Waals surface area contributed by atoms with Gasteiger partial charge in [-0.1, -0.05) is 30.4 Å². The van der Waals surface area contributed by atoms with Crippen LogP contribution < -0.4 is 10.1 Å². The Balaban J connectivity index is 1.71. The molecule has 0 aliphatic carbocycles. The molecule has 0 unspecified atom stereocenters. The second-order valence-corrected chi connectivity index (χ2v) is 9.09. The lowest BCUT2D eigenvalue weighted by Gasteiger charge is -2.04. The Morgan fingerprint density at radius 2 is 1.96 bits per heavy atom. The number of nitrogens with zero attached hydrogens (tertiary/aromatic N) is 1. The van der Waals surface area contributed by atoms with Gasteiger partial charge in [-0.2, -0.15) is 0 Å². The molecular formula is C18H18N2O5S2. The Labute approximate surface area is 160 Å². The van der Waals surface area contributed by atoms with Gasteiger partial charge in [-0.15, -0.1) is 0 Å². The highest BCUT2D eigenvalue weighted by molar-refractivity contribution is 7.91. The average molecular weight is 406 g/mol.